The highest BCUT2D eigenvalue weighted by Crippen LogP contribution is 2.11. The van der Waals surface area contributed by atoms with Crippen LogP contribution in [-0.2, 0) is 13.6 Å². The highest BCUT2D eigenvalue weighted by Gasteiger charge is 2.23. The van der Waals surface area contributed by atoms with Crippen molar-refractivity contribution in [3.05, 3.63) is 42.2 Å². The van der Waals surface area contributed by atoms with Gasteiger partial charge in [-0.05, 0) is 24.6 Å². The molecule has 2 amide bonds. The summed E-state index contributed by atoms with van der Waals surface area (Å²) in [5.74, 6) is 0.750. The molecule has 8 heteroatoms. The van der Waals surface area contributed by atoms with E-state index in [1.54, 1.807) is 6.33 Å². The van der Waals surface area contributed by atoms with Gasteiger partial charge in [-0.15, -0.1) is 10.2 Å². The van der Waals surface area contributed by atoms with Crippen molar-refractivity contribution in [1.29, 1.82) is 0 Å². The predicted molar refractivity (Wildman–Crippen MR) is 89.0 cm³/mol. The average molecular weight is 329 g/mol. The molecular formula is C16H23N7O. The van der Waals surface area contributed by atoms with Crippen molar-refractivity contribution in [1.82, 2.24) is 34.9 Å². The predicted octanol–water partition coefficient (Wildman–Crippen LogP) is 0.798. The van der Waals surface area contributed by atoms with Gasteiger partial charge in [0.05, 0.1) is 6.04 Å². The van der Waals surface area contributed by atoms with Gasteiger partial charge < -0.3 is 14.8 Å². The fourth-order valence-corrected chi connectivity index (χ4v) is 2.88. The zero-order valence-electron chi connectivity index (χ0n) is 14.1. The standard InChI is InChI=1S/C16H23N7O/c1-13(15-20-18-12-21(15)2)19-16(24)23-9-7-22(8-10-23)11-14-3-5-17-6-4-14/h3-6,12-13H,7-11H2,1-2H3,(H,19,24). The second kappa shape index (κ2) is 7.39. The maximum Gasteiger partial charge on any atom is 0.318 e. The van der Waals surface area contributed by atoms with Crippen LogP contribution in [0.5, 0.6) is 0 Å². The number of carbonyl (C=O) groups is 1. The number of piperazine rings is 1. The van der Waals surface area contributed by atoms with Crippen LogP contribution in [0.1, 0.15) is 24.4 Å². The normalized spacial score (nSPS) is 16.8. The molecule has 3 heterocycles. The van der Waals surface area contributed by atoms with Crippen LogP contribution in [0, 0.1) is 0 Å². The average Bonchev–Trinajstić information content (AvgIpc) is 3.02. The van der Waals surface area contributed by atoms with Gasteiger partial charge in [-0.3, -0.25) is 9.88 Å². The van der Waals surface area contributed by atoms with Crippen LogP contribution < -0.4 is 5.32 Å². The summed E-state index contributed by atoms with van der Waals surface area (Å²) >= 11 is 0. The number of aryl methyl sites for hydroxylation is 1. The topological polar surface area (TPSA) is 79.2 Å². The first-order chi connectivity index (χ1) is 11.6. The fraction of sp³-hybridized carbons (Fsp3) is 0.500. The number of hydrogen-bond acceptors (Lipinski definition) is 5. The van der Waals surface area contributed by atoms with Gasteiger partial charge in [0.15, 0.2) is 5.82 Å². The number of carbonyl (C=O) groups excluding carboxylic acids is 1. The first-order valence-corrected chi connectivity index (χ1v) is 8.14. The van der Waals surface area contributed by atoms with E-state index in [2.05, 4.69) is 25.4 Å². The van der Waals surface area contributed by atoms with Crippen LogP contribution in [0.15, 0.2) is 30.9 Å². The van der Waals surface area contributed by atoms with Gasteiger partial charge in [0.25, 0.3) is 0 Å². The van der Waals surface area contributed by atoms with E-state index in [1.165, 1.54) is 5.56 Å². The van der Waals surface area contributed by atoms with E-state index in [-0.39, 0.29) is 12.1 Å². The molecule has 1 aliphatic heterocycles. The molecule has 128 valence electrons. The van der Waals surface area contributed by atoms with E-state index in [1.807, 2.05) is 48.0 Å². The minimum atomic E-state index is -0.167. The molecule has 2 aromatic heterocycles. The van der Waals surface area contributed by atoms with Crippen LogP contribution in [-0.4, -0.2) is 61.8 Å². The number of nitrogens with zero attached hydrogens (tertiary/aromatic N) is 6. The molecule has 1 unspecified atom stereocenters. The Bertz CT molecular complexity index is 664. The number of amides is 2. The van der Waals surface area contributed by atoms with Gasteiger partial charge in [-0.2, -0.15) is 0 Å². The lowest BCUT2D eigenvalue weighted by Crippen LogP contribution is -2.51. The zero-order valence-corrected chi connectivity index (χ0v) is 14.1. The largest absolute Gasteiger partial charge is 0.328 e. The Hall–Kier alpha value is -2.48. The molecule has 3 rings (SSSR count). The molecule has 1 fully saturated rings. The molecule has 2 aromatic rings. The molecule has 24 heavy (non-hydrogen) atoms. The highest BCUT2D eigenvalue weighted by molar-refractivity contribution is 5.74. The highest BCUT2D eigenvalue weighted by atomic mass is 16.2. The van der Waals surface area contributed by atoms with Crippen LogP contribution in [0.3, 0.4) is 0 Å². The smallest absolute Gasteiger partial charge is 0.318 e. The summed E-state index contributed by atoms with van der Waals surface area (Å²) in [6.45, 7) is 6.00. The van der Waals surface area contributed by atoms with Crippen molar-refractivity contribution < 1.29 is 4.79 Å². The van der Waals surface area contributed by atoms with Gasteiger partial charge >= 0.3 is 6.03 Å². The SMILES string of the molecule is CC(NC(=O)N1CCN(Cc2ccncc2)CC1)c1nncn1C. The molecule has 0 bridgehead atoms. The van der Waals surface area contributed by atoms with E-state index in [0.717, 1.165) is 38.5 Å². The Morgan fingerprint density at radius 3 is 2.58 bits per heavy atom. The lowest BCUT2D eigenvalue weighted by atomic mass is 10.2. The molecule has 1 N–H and O–H groups in total. The Labute approximate surface area is 141 Å². The van der Waals surface area contributed by atoms with Crippen LogP contribution in [0.4, 0.5) is 4.79 Å². The van der Waals surface area contributed by atoms with Crippen molar-refractivity contribution in [2.45, 2.75) is 19.5 Å². The number of aromatic nitrogens is 4. The summed E-state index contributed by atoms with van der Waals surface area (Å²) in [6, 6.07) is 3.84. The maximum absolute atomic E-state index is 12.4. The Balaban J connectivity index is 1.47. The Kier molecular flexibility index (Phi) is 5.05. The summed E-state index contributed by atoms with van der Waals surface area (Å²) < 4.78 is 1.82. The van der Waals surface area contributed by atoms with Crippen LogP contribution in [0.2, 0.25) is 0 Å². The first kappa shape index (κ1) is 16.4. The van der Waals surface area contributed by atoms with Crippen molar-refractivity contribution in [2.75, 3.05) is 26.2 Å². The molecule has 0 aromatic carbocycles. The minimum Gasteiger partial charge on any atom is -0.328 e. The third kappa shape index (κ3) is 3.88. The number of pyridine rings is 1. The number of hydrogen-bond donors (Lipinski definition) is 1. The monoisotopic (exact) mass is 329 g/mol. The molecule has 1 aliphatic rings. The Morgan fingerprint density at radius 2 is 1.96 bits per heavy atom. The van der Waals surface area contributed by atoms with Crippen molar-refractivity contribution in [3.63, 3.8) is 0 Å². The van der Waals surface area contributed by atoms with E-state index < -0.39 is 0 Å². The van der Waals surface area contributed by atoms with Crippen LogP contribution >= 0.6 is 0 Å². The molecule has 0 radical (unpaired) electrons. The lowest BCUT2D eigenvalue weighted by Gasteiger charge is -2.35. The molecule has 0 saturated carbocycles. The van der Waals surface area contributed by atoms with E-state index >= 15 is 0 Å². The molecule has 1 saturated heterocycles. The molecule has 8 nitrogen and oxygen atoms in total. The lowest BCUT2D eigenvalue weighted by molar-refractivity contribution is 0.133. The van der Waals surface area contributed by atoms with E-state index in [9.17, 15) is 4.79 Å². The minimum absolute atomic E-state index is 0.0472. The number of rotatable bonds is 4. The van der Waals surface area contributed by atoms with Crippen molar-refractivity contribution in [3.8, 4) is 0 Å². The van der Waals surface area contributed by atoms with Crippen molar-refractivity contribution >= 4 is 6.03 Å². The van der Waals surface area contributed by atoms with Gasteiger partial charge in [0.2, 0.25) is 0 Å². The third-order valence-electron chi connectivity index (χ3n) is 4.29. The van der Waals surface area contributed by atoms with E-state index in [0.29, 0.717) is 0 Å². The van der Waals surface area contributed by atoms with E-state index in [4.69, 9.17) is 0 Å². The summed E-state index contributed by atoms with van der Waals surface area (Å²) in [4.78, 5) is 20.7. The molecular weight excluding hydrogens is 306 g/mol. The first-order valence-electron chi connectivity index (χ1n) is 8.14. The molecule has 0 spiro atoms. The number of nitrogens with one attached hydrogen (secondary N) is 1. The zero-order chi connectivity index (χ0) is 16.9. The quantitative estimate of drug-likeness (QED) is 0.897. The second-order valence-corrected chi connectivity index (χ2v) is 6.09. The molecule has 1 atom stereocenters. The van der Waals surface area contributed by atoms with Crippen LogP contribution in [0.25, 0.3) is 0 Å². The summed E-state index contributed by atoms with van der Waals surface area (Å²) in [7, 11) is 1.87. The number of urea groups is 1. The second-order valence-electron chi connectivity index (χ2n) is 6.09. The summed E-state index contributed by atoms with van der Waals surface area (Å²) in [6.07, 6.45) is 5.26. The summed E-state index contributed by atoms with van der Waals surface area (Å²) in [5.41, 5.74) is 1.25. The third-order valence-corrected chi connectivity index (χ3v) is 4.29. The Morgan fingerprint density at radius 1 is 1.25 bits per heavy atom. The van der Waals surface area contributed by atoms with Gasteiger partial charge in [0.1, 0.15) is 6.33 Å². The molecule has 0 aliphatic carbocycles. The summed E-state index contributed by atoms with van der Waals surface area (Å²) in [5, 5.41) is 10.9. The van der Waals surface area contributed by atoms with Gasteiger partial charge in [-0.1, -0.05) is 0 Å². The maximum atomic E-state index is 12.4. The van der Waals surface area contributed by atoms with Crippen molar-refractivity contribution in [2.24, 2.45) is 7.05 Å². The van der Waals surface area contributed by atoms with Gasteiger partial charge in [0, 0.05) is 52.2 Å². The fourth-order valence-electron chi connectivity index (χ4n) is 2.88. The van der Waals surface area contributed by atoms with Gasteiger partial charge in [-0.25, -0.2) is 4.79 Å².